The maximum Gasteiger partial charge on any atom is 0.306 e. The second-order valence-corrected chi connectivity index (χ2v) is 7.07. The molecule has 3 rings (SSSR count). The van der Waals surface area contributed by atoms with E-state index in [2.05, 4.69) is 4.98 Å². The highest BCUT2D eigenvalue weighted by Crippen LogP contribution is 2.26. The number of thiazole rings is 1. The van der Waals surface area contributed by atoms with E-state index in [-0.39, 0.29) is 18.7 Å². The van der Waals surface area contributed by atoms with Crippen LogP contribution < -0.4 is 4.74 Å². The molecule has 0 saturated carbocycles. The van der Waals surface area contributed by atoms with Gasteiger partial charge in [-0.3, -0.25) is 9.59 Å². The molecule has 1 aromatic carbocycles. The number of carboxylic acids is 1. The Balaban J connectivity index is 1.59. The first kappa shape index (κ1) is 19.3. The van der Waals surface area contributed by atoms with Crippen molar-refractivity contribution in [2.75, 3.05) is 26.3 Å². The van der Waals surface area contributed by atoms with Crippen molar-refractivity contribution in [3.8, 4) is 16.3 Å². The van der Waals surface area contributed by atoms with Crippen molar-refractivity contribution in [1.82, 2.24) is 9.88 Å². The normalized spacial score (nSPS) is 16.9. The molecule has 7 nitrogen and oxygen atoms in total. The summed E-state index contributed by atoms with van der Waals surface area (Å²) in [6.07, 6.45) is -0.342. The fourth-order valence-corrected chi connectivity index (χ4v) is 3.74. The summed E-state index contributed by atoms with van der Waals surface area (Å²) in [4.78, 5) is 29.6. The number of aliphatic carboxylic acids is 1. The summed E-state index contributed by atoms with van der Waals surface area (Å²) in [6.45, 7) is 3.71. The zero-order chi connectivity index (χ0) is 19.2. The number of benzene rings is 1. The van der Waals surface area contributed by atoms with Crippen LogP contribution in [0.15, 0.2) is 29.6 Å². The first-order valence-corrected chi connectivity index (χ1v) is 9.72. The van der Waals surface area contributed by atoms with Crippen molar-refractivity contribution >= 4 is 23.2 Å². The Morgan fingerprint density at radius 3 is 2.85 bits per heavy atom. The molecule has 1 amide bonds. The number of morpholine rings is 1. The van der Waals surface area contributed by atoms with E-state index in [9.17, 15) is 9.59 Å². The van der Waals surface area contributed by atoms with Crippen molar-refractivity contribution < 1.29 is 24.2 Å². The van der Waals surface area contributed by atoms with E-state index in [1.807, 2.05) is 36.6 Å². The van der Waals surface area contributed by atoms with Gasteiger partial charge in [0.15, 0.2) is 0 Å². The maximum absolute atomic E-state index is 12.5. The monoisotopic (exact) mass is 390 g/mol. The molecule has 1 fully saturated rings. The lowest BCUT2D eigenvalue weighted by Gasteiger charge is -2.32. The van der Waals surface area contributed by atoms with Gasteiger partial charge in [-0.15, -0.1) is 11.3 Å². The number of amides is 1. The van der Waals surface area contributed by atoms with E-state index < -0.39 is 12.1 Å². The topological polar surface area (TPSA) is 89.0 Å². The Kier molecular flexibility index (Phi) is 6.41. The molecule has 1 aromatic heterocycles. The van der Waals surface area contributed by atoms with Crippen LogP contribution in [-0.2, 0) is 20.7 Å². The fraction of sp³-hybridized carbons (Fsp3) is 0.421. The van der Waals surface area contributed by atoms with E-state index in [0.717, 1.165) is 22.0 Å². The summed E-state index contributed by atoms with van der Waals surface area (Å²) in [5.74, 6) is -0.164. The highest BCUT2D eigenvalue weighted by Gasteiger charge is 2.26. The molecule has 0 bridgehead atoms. The number of ether oxygens (including phenoxy) is 2. The summed E-state index contributed by atoms with van der Waals surface area (Å²) in [6, 6.07) is 7.71. The van der Waals surface area contributed by atoms with Crippen molar-refractivity contribution in [3.63, 3.8) is 0 Å². The number of hydrogen-bond acceptors (Lipinski definition) is 6. The molecule has 1 atom stereocenters. The third-order valence-corrected chi connectivity index (χ3v) is 5.13. The third kappa shape index (κ3) is 5.27. The number of aromatic nitrogens is 1. The van der Waals surface area contributed by atoms with Gasteiger partial charge in [-0.1, -0.05) is 0 Å². The Bertz CT molecular complexity index is 790. The van der Waals surface area contributed by atoms with Gasteiger partial charge in [0.05, 0.1) is 37.9 Å². The predicted octanol–water partition coefficient (Wildman–Crippen LogP) is 2.45. The van der Waals surface area contributed by atoms with Crippen molar-refractivity contribution in [2.45, 2.75) is 25.9 Å². The van der Waals surface area contributed by atoms with E-state index in [1.165, 1.54) is 11.3 Å². The lowest BCUT2D eigenvalue weighted by Crippen LogP contribution is -2.46. The SMILES string of the molecule is CCOc1ccc(-c2nc(CC(=O)N3CCO[C@@H](CC(=O)O)C3)cs2)cc1. The number of nitrogens with zero attached hydrogens (tertiary/aromatic N) is 2. The van der Waals surface area contributed by atoms with E-state index >= 15 is 0 Å². The minimum absolute atomic E-state index is 0.0581. The van der Waals surface area contributed by atoms with E-state index in [4.69, 9.17) is 14.6 Å². The minimum Gasteiger partial charge on any atom is -0.494 e. The van der Waals surface area contributed by atoms with Gasteiger partial charge >= 0.3 is 5.97 Å². The molecule has 0 radical (unpaired) electrons. The van der Waals surface area contributed by atoms with Crippen LogP contribution in [0.1, 0.15) is 19.0 Å². The Labute approximate surface area is 161 Å². The predicted molar refractivity (Wildman–Crippen MR) is 101 cm³/mol. The average Bonchev–Trinajstić information content (AvgIpc) is 3.11. The standard InChI is InChI=1S/C19H22N2O5S/c1-2-25-15-5-3-13(4-6-15)19-20-14(12-27-19)9-17(22)21-7-8-26-16(11-21)10-18(23)24/h3-6,12,16H,2,7-11H2,1H3,(H,23,24)/t16-/m0/s1. The van der Waals surface area contributed by atoms with Crippen LogP contribution >= 0.6 is 11.3 Å². The van der Waals surface area contributed by atoms with Crippen LogP contribution in [0.4, 0.5) is 0 Å². The summed E-state index contributed by atoms with van der Waals surface area (Å²) < 4.78 is 10.9. The quantitative estimate of drug-likeness (QED) is 0.781. The summed E-state index contributed by atoms with van der Waals surface area (Å²) in [5, 5.41) is 11.6. The number of carbonyl (C=O) groups excluding carboxylic acids is 1. The molecule has 1 N–H and O–H groups in total. The molecular formula is C19H22N2O5S. The summed E-state index contributed by atoms with van der Waals surface area (Å²) >= 11 is 1.49. The third-order valence-electron chi connectivity index (χ3n) is 4.19. The summed E-state index contributed by atoms with van der Waals surface area (Å²) in [7, 11) is 0. The summed E-state index contributed by atoms with van der Waals surface area (Å²) in [5.41, 5.74) is 1.70. The van der Waals surface area contributed by atoms with Crippen LogP contribution in [0.2, 0.25) is 0 Å². The molecule has 0 spiro atoms. The molecule has 0 unspecified atom stereocenters. The number of carbonyl (C=O) groups is 2. The number of rotatable bonds is 7. The molecule has 8 heteroatoms. The first-order chi connectivity index (χ1) is 13.0. The Hall–Kier alpha value is -2.45. The highest BCUT2D eigenvalue weighted by molar-refractivity contribution is 7.13. The van der Waals surface area contributed by atoms with Crippen molar-refractivity contribution in [3.05, 3.63) is 35.3 Å². The van der Waals surface area contributed by atoms with E-state index in [0.29, 0.717) is 26.3 Å². The number of carboxylic acid groups (broad SMARTS) is 1. The smallest absolute Gasteiger partial charge is 0.306 e. The zero-order valence-electron chi connectivity index (χ0n) is 15.1. The van der Waals surface area contributed by atoms with Gasteiger partial charge < -0.3 is 19.5 Å². The zero-order valence-corrected chi connectivity index (χ0v) is 15.9. The maximum atomic E-state index is 12.5. The molecule has 1 aliphatic heterocycles. The highest BCUT2D eigenvalue weighted by atomic mass is 32.1. The van der Waals surface area contributed by atoms with Crippen molar-refractivity contribution in [1.29, 1.82) is 0 Å². The van der Waals surface area contributed by atoms with Gasteiger partial charge in [0.2, 0.25) is 5.91 Å². The molecule has 2 aromatic rings. The second kappa shape index (κ2) is 8.96. The van der Waals surface area contributed by atoms with Gasteiger partial charge in [-0.05, 0) is 31.2 Å². The largest absolute Gasteiger partial charge is 0.494 e. The molecule has 27 heavy (non-hydrogen) atoms. The van der Waals surface area contributed by atoms with Gasteiger partial charge in [-0.25, -0.2) is 4.98 Å². The van der Waals surface area contributed by atoms with Gasteiger partial charge in [0.1, 0.15) is 10.8 Å². The van der Waals surface area contributed by atoms with E-state index in [1.54, 1.807) is 4.90 Å². The molecule has 0 aliphatic carbocycles. The fourth-order valence-electron chi connectivity index (χ4n) is 2.91. The Morgan fingerprint density at radius 2 is 2.15 bits per heavy atom. The molecule has 1 saturated heterocycles. The van der Waals surface area contributed by atoms with Crippen LogP contribution in [0.5, 0.6) is 5.75 Å². The first-order valence-electron chi connectivity index (χ1n) is 8.84. The lowest BCUT2D eigenvalue weighted by molar-refractivity contribution is -0.147. The molecular weight excluding hydrogens is 368 g/mol. The van der Waals surface area contributed by atoms with Crippen LogP contribution in [-0.4, -0.2) is 59.3 Å². The van der Waals surface area contributed by atoms with Crippen LogP contribution in [0, 0.1) is 0 Å². The number of hydrogen-bond donors (Lipinski definition) is 1. The van der Waals surface area contributed by atoms with Gasteiger partial charge in [0, 0.05) is 24.0 Å². The minimum atomic E-state index is -0.922. The van der Waals surface area contributed by atoms with Gasteiger partial charge in [0.25, 0.3) is 0 Å². The second-order valence-electron chi connectivity index (χ2n) is 6.21. The van der Waals surface area contributed by atoms with Crippen LogP contribution in [0.25, 0.3) is 10.6 Å². The molecule has 2 heterocycles. The Morgan fingerprint density at radius 1 is 1.37 bits per heavy atom. The molecule has 144 valence electrons. The van der Waals surface area contributed by atoms with Gasteiger partial charge in [-0.2, -0.15) is 0 Å². The average molecular weight is 390 g/mol. The molecule has 1 aliphatic rings. The lowest BCUT2D eigenvalue weighted by atomic mass is 10.2. The van der Waals surface area contributed by atoms with Crippen LogP contribution in [0.3, 0.4) is 0 Å². The van der Waals surface area contributed by atoms with Crippen molar-refractivity contribution in [2.24, 2.45) is 0 Å².